The maximum absolute atomic E-state index is 12.6. The molecule has 0 bridgehead atoms. The predicted molar refractivity (Wildman–Crippen MR) is 93.0 cm³/mol. The molecule has 2 rings (SSSR count). The highest BCUT2D eigenvalue weighted by Crippen LogP contribution is 2.17. The lowest BCUT2D eigenvalue weighted by atomic mass is 9.99. The minimum absolute atomic E-state index is 0.178. The summed E-state index contributed by atoms with van der Waals surface area (Å²) in [4.78, 5) is 16.6. The molecule has 0 atom stereocenters. The first-order chi connectivity index (χ1) is 10.8. The van der Waals surface area contributed by atoms with E-state index < -0.39 is 5.60 Å². The standard InChI is InChI=1S/C19H30N2O2/c1-16-9-11-21(12-10-16)18(22)14-20(15-19(2,3)23)13-17-7-5-4-6-8-17/h4-8,16,23H,9-15H2,1-3H3. The average Bonchev–Trinajstić information content (AvgIpc) is 2.47. The van der Waals surface area contributed by atoms with Crippen molar-refractivity contribution in [3.05, 3.63) is 35.9 Å². The highest BCUT2D eigenvalue weighted by Gasteiger charge is 2.25. The van der Waals surface area contributed by atoms with Crippen molar-refractivity contribution in [2.75, 3.05) is 26.2 Å². The van der Waals surface area contributed by atoms with Crippen LogP contribution in [-0.4, -0.2) is 52.6 Å². The van der Waals surface area contributed by atoms with Gasteiger partial charge in [-0.05, 0) is 38.2 Å². The number of piperidine rings is 1. The molecule has 1 aromatic carbocycles. The fourth-order valence-electron chi connectivity index (χ4n) is 3.11. The lowest BCUT2D eigenvalue weighted by Gasteiger charge is -2.34. The van der Waals surface area contributed by atoms with Gasteiger partial charge in [-0.3, -0.25) is 9.69 Å². The minimum Gasteiger partial charge on any atom is -0.389 e. The number of aliphatic hydroxyl groups is 1. The molecular formula is C19H30N2O2. The second-order valence-electron chi connectivity index (χ2n) is 7.51. The van der Waals surface area contributed by atoms with E-state index in [2.05, 4.69) is 24.0 Å². The van der Waals surface area contributed by atoms with Crippen LogP contribution in [0.1, 0.15) is 39.2 Å². The van der Waals surface area contributed by atoms with Gasteiger partial charge in [0, 0.05) is 26.2 Å². The van der Waals surface area contributed by atoms with Crippen molar-refractivity contribution in [1.29, 1.82) is 0 Å². The Morgan fingerprint density at radius 1 is 1.26 bits per heavy atom. The van der Waals surface area contributed by atoms with E-state index >= 15 is 0 Å². The van der Waals surface area contributed by atoms with Crippen molar-refractivity contribution in [2.45, 2.75) is 45.8 Å². The van der Waals surface area contributed by atoms with E-state index in [4.69, 9.17) is 0 Å². The van der Waals surface area contributed by atoms with Crippen LogP contribution in [0.5, 0.6) is 0 Å². The molecule has 0 saturated carbocycles. The van der Waals surface area contributed by atoms with Crippen LogP contribution in [-0.2, 0) is 11.3 Å². The van der Waals surface area contributed by atoms with Gasteiger partial charge in [-0.15, -0.1) is 0 Å². The normalized spacial score (nSPS) is 16.8. The Labute approximate surface area is 140 Å². The Bertz CT molecular complexity index is 488. The average molecular weight is 318 g/mol. The van der Waals surface area contributed by atoms with E-state index in [1.165, 1.54) is 0 Å². The number of amides is 1. The van der Waals surface area contributed by atoms with Gasteiger partial charge in [-0.1, -0.05) is 37.3 Å². The first-order valence-electron chi connectivity index (χ1n) is 8.60. The first-order valence-corrected chi connectivity index (χ1v) is 8.60. The molecule has 23 heavy (non-hydrogen) atoms. The van der Waals surface area contributed by atoms with Crippen LogP contribution in [0.25, 0.3) is 0 Å². The van der Waals surface area contributed by atoms with E-state index in [-0.39, 0.29) is 5.91 Å². The van der Waals surface area contributed by atoms with Gasteiger partial charge in [0.1, 0.15) is 0 Å². The topological polar surface area (TPSA) is 43.8 Å². The molecule has 1 aliphatic heterocycles. The zero-order valence-corrected chi connectivity index (χ0v) is 14.7. The zero-order chi connectivity index (χ0) is 16.9. The summed E-state index contributed by atoms with van der Waals surface area (Å²) in [6, 6.07) is 10.1. The van der Waals surface area contributed by atoms with E-state index in [1.807, 2.05) is 23.1 Å². The Morgan fingerprint density at radius 3 is 2.43 bits per heavy atom. The van der Waals surface area contributed by atoms with Crippen LogP contribution in [0.4, 0.5) is 0 Å². The Morgan fingerprint density at radius 2 is 1.87 bits per heavy atom. The Hall–Kier alpha value is -1.39. The van der Waals surface area contributed by atoms with Crippen LogP contribution in [0.15, 0.2) is 30.3 Å². The number of likely N-dealkylation sites (tertiary alicyclic amines) is 1. The number of hydrogen-bond donors (Lipinski definition) is 1. The van der Waals surface area contributed by atoms with Crippen LogP contribution in [0.2, 0.25) is 0 Å². The maximum atomic E-state index is 12.6. The number of hydrogen-bond acceptors (Lipinski definition) is 3. The second-order valence-corrected chi connectivity index (χ2v) is 7.51. The fraction of sp³-hybridized carbons (Fsp3) is 0.632. The molecule has 1 amide bonds. The van der Waals surface area contributed by atoms with Crippen molar-refractivity contribution < 1.29 is 9.90 Å². The van der Waals surface area contributed by atoms with E-state index in [0.717, 1.165) is 37.4 Å². The lowest BCUT2D eigenvalue weighted by molar-refractivity contribution is -0.134. The molecule has 0 radical (unpaired) electrons. The van der Waals surface area contributed by atoms with Crippen molar-refractivity contribution in [3.63, 3.8) is 0 Å². The maximum Gasteiger partial charge on any atom is 0.236 e. The molecule has 1 aliphatic rings. The molecule has 1 heterocycles. The minimum atomic E-state index is -0.814. The molecule has 1 N–H and O–H groups in total. The zero-order valence-electron chi connectivity index (χ0n) is 14.7. The van der Waals surface area contributed by atoms with Gasteiger partial charge in [0.25, 0.3) is 0 Å². The summed E-state index contributed by atoms with van der Waals surface area (Å²) in [7, 11) is 0. The summed E-state index contributed by atoms with van der Waals surface area (Å²) in [5.74, 6) is 0.896. The summed E-state index contributed by atoms with van der Waals surface area (Å²) in [5, 5.41) is 10.2. The quantitative estimate of drug-likeness (QED) is 0.876. The van der Waals surface area contributed by atoms with Crippen LogP contribution in [0, 0.1) is 5.92 Å². The number of nitrogens with zero attached hydrogens (tertiary/aromatic N) is 2. The highest BCUT2D eigenvalue weighted by molar-refractivity contribution is 5.78. The van der Waals surface area contributed by atoms with Gasteiger partial charge in [-0.2, -0.15) is 0 Å². The van der Waals surface area contributed by atoms with E-state index in [1.54, 1.807) is 13.8 Å². The molecule has 1 fully saturated rings. The van der Waals surface area contributed by atoms with Gasteiger partial charge in [-0.25, -0.2) is 0 Å². The van der Waals surface area contributed by atoms with Gasteiger partial charge >= 0.3 is 0 Å². The number of carbonyl (C=O) groups excluding carboxylic acids is 1. The molecule has 0 unspecified atom stereocenters. The molecule has 128 valence electrons. The molecule has 1 saturated heterocycles. The molecular weight excluding hydrogens is 288 g/mol. The summed E-state index contributed by atoms with van der Waals surface area (Å²) in [6.07, 6.45) is 2.19. The predicted octanol–water partition coefficient (Wildman–Crippen LogP) is 2.52. The third kappa shape index (κ3) is 6.32. The third-order valence-electron chi connectivity index (χ3n) is 4.35. The molecule has 0 aliphatic carbocycles. The molecule has 0 aromatic heterocycles. The van der Waals surface area contributed by atoms with Crippen molar-refractivity contribution in [3.8, 4) is 0 Å². The molecule has 1 aromatic rings. The van der Waals surface area contributed by atoms with Gasteiger partial charge in [0.2, 0.25) is 5.91 Å². The largest absolute Gasteiger partial charge is 0.389 e. The number of benzene rings is 1. The lowest BCUT2D eigenvalue weighted by Crippen LogP contribution is -2.47. The molecule has 0 spiro atoms. The van der Waals surface area contributed by atoms with Crippen molar-refractivity contribution in [1.82, 2.24) is 9.80 Å². The monoisotopic (exact) mass is 318 g/mol. The summed E-state index contributed by atoms with van der Waals surface area (Å²) in [6.45, 7) is 9.09. The van der Waals surface area contributed by atoms with Gasteiger partial charge in [0.15, 0.2) is 0 Å². The highest BCUT2D eigenvalue weighted by atomic mass is 16.3. The molecule has 4 nitrogen and oxygen atoms in total. The summed E-state index contributed by atoms with van der Waals surface area (Å²) in [5.41, 5.74) is 0.350. The Kier molecular flexibility index (Phi) is 6.19. The number of rotatable bonds is 6. The Balaban J connectivity index is 1.97. The number of carbonyl (C=O) groups is 1. The third-order valence-corrected chi connectivity index (χ3v) is 4.35. The van der Waals surface area contributed by atoms with Crippen LogP contribution in [0.3, 0.4) is 0 Å². The summed E-state index contributed by atoms with van der Waals surface area (Å²) < 4.78 is 0. The second kappa shape index (κ2) is 7.93. The smallest absolute Gasteiger partial charge is 0.236 e. The molecule has 4 heteroatoms. The fourth-order valence-corrected chi connectivity index (χ4v) is 3.11. The summed E-state index contributed by atoms with van der Waals surface area (Å²) >= 11 is 0. The van der Waals surface area contributed by atoms with Crippen LogP contribution >= 0.6 is 0 Å². The van der Waals surface area contributed by atoms with Crippen LogP contribution < -0.4 is 0 Å². The SMILES string of the molecule is CC1CCN(C(=O)CN(Cc2ccccc2)CC(C)(C)O)CC1. The first kappa shape index (κ1) is 18.0. The van der Waals surface area contributed by atoms with Gasteiger partial charge < -0.3 is 10.0 Å². The van der Waals surface area contributed by atoms with E-state index in [0.29, 0.717) is 19.6 Å². The van der Waals surface area contributed by atoms with Crippen molar-refractivity contribution in [2.24, 2.45) is 5.92 Å². The van der Waals surface area contributed by atoms with E-state index in [9.17, 15) is 9.90 Å². The van der Waals surface area contributed by atoms with Crippen molar-refractivity contribution >= 4 is 5.91 Å². The van der Waals surface area contributed by atoms with Gasteiger partial charge in [0.05, 0.1) is 12.1 Å².